The van der Waals surface area contributed by atoms with Crippen LogP contribution in [0, 0.1) is 0 Å². The Morgan fingerprint density at radius 3 is 2.50 bits per heavy atom. The fourth-order valence-electron chi connectivity index (χ4n) is 2.52. The lowest BCUT2D eigenvalue weighted by molar-refractivity contribution is 0.419. The lowest BCUT2D eigenvalue weighted by atomic mass is 10.2. The molecule has 5 heteroatoms. The number of aromatic nitrogens is 2. The van der Waals surface area contributed by atoms with Gasteiger partial charge < -0.3 is 10.5 Å². The highest BCUT2D eigenvalue weighted by Gasteiger charge is 2.17. The van der Waals surface area contributed by atoms with Gasteiger partial charge in [-0.3, -0.25) is 9.36 Å². The van der Waals surface area contributed by atoms with E-state index in [9.17, 15) is 4.79 Å². The molecule has 0 radical (unpaired) electrons. The van der Waals surface area contributed by atoms with Crippen molar-refractivity contribution in [3.8, 4) is 11.4 Å². The molecule has 22 heavy (non-hydrogen) atoms. The van der Waals surface area contributed by atoms with Crippen LogP contribution < -0.4 is 16.0 Å². The third kappa shape index (κ3) is 2.25. The van der Waals surface area contributed by atoms with Crippen LogP contribution in [-0.2, 0) is 0 Å². The van der Waals surface area contributed by atoms with E-state index in [2.05, 4.69) is 4.98 Å². The first kappa shape index (κ1) is 14.3. The molecule has 3 rings (SSSR count). The zero-order valence-corrected chi connectivity index (χ0v) is 12.5. The largest absolute Gasteiger partial charge is 0.496 e. The summed E-state index contributed by atoms with van der Waals surface area (Å²) in [6.07, 6.45) is 0. The molecule has 3 aromatic rings. The molecule has 0 saturated carbocycles. The highest BCUT2D eigenvalue weighted by molar-refractivity contribution is 5.84. The first-order valence-electron chi connectivity index (χ1n) is 7.04. The maximum atomic E-state index is 13.0. The molecule has 1 atom stereocenters. The molecule has 0 bridgehead atoms. The Kier molecular flexibility index (Phi) is 3.65. The van der Waals surface area contributed by atoms with Gasteiger partial charge in [0.2, 0.25) is 0 Å². The molecule has 2 aromatic carbocycles. The second-order valence-electron chi connectivity index (χ2n) is 5.09. The van der Waals surface area contributed by atoms with E-state index >= 15 is 0 Å². The van der Waals surface area contributed by atoms with Crippen LogP contribution in [0.5, 0.6) is 5.75 Å². The maximum absolute atomic E-state index is 13.0. The Labute approximate surface area is 128 Å². The Hall–Kier alpha value is -2.66. The standard InChI is InChI=1S/C17H17N3O2/c1-11(18)16-19-13-9-6-10-14(22-2)15(13)17(21)20(16)12-7-4-3-5-8-12/h3-11H,18H2,1-2H3/t11-/m0/s1. The van der Waals surface area contributed by atoms with Gasteiger partial charge in [-0.05, 0) is 31.2 Å². The molecule has 0 spiro atoms. The van der Waals surface area contributed by atoms with Crippen molar-refractivity contribution in [2.24, 2.45) is 5.73 Å². The smallest absolute Gasteiger partial charge is 0.269 e. The molecule has 0 aliphatic heterocycles. The average Bonchev–Trinajstić information content (AvgIpc) is 2.54. The van der Waals surface area contributed by atoms with Crippen LogP contribution in [-0.4, -0.2) is 16.7 Å². The summed E-state index contributed by atoms with van der Waals surface area (Å²) in [6, 6.07) is 14.3. The first-order valence-corrected chi connectivity index (χ1v) is 7.04. The monoisotopic (exact) mass is 295 g/mol. The summed E-state index contributed by atoms with van der Waals surface area (Å²) in [5.41, 5.74) is 7.17. The zero-order valence-electron chi connectivity index (χ0n) is 12.5. The minimum atomic E-state index is -0.372. The van der Waals surface area contributed by atoms with Crippen LogP contribution in [0.15, 0.2) is 53.3 Å². The summed E-state index contributed by atoms with van der Waals surface area (Å²) in [7, 11) is 1.54. The number of hydrogen-bond donors (Lipinski definition) is 1. The fourth-order valence-corrected chi connectivity index (χ4v) is 2.52. The van der Waals surface area contributed by atoms with Gasteiger partial charge in [-0.15, -0.1) is 0 Å². The van der Waals surface area contributed by atoms with Crippen molar-refractivity contribution in [3.63, 3.8) is 0 Å². The molecule has 1 aromatic heterocycles. The van der Waals surface area contributed by atoms with Gasteiger partial charge in [0.1, 0.15) is 17.0 Å². The topological polar surface area (TPSA) is 70.1 Å². The van der Waals surface area contributed by atoms with Crippen molar-refractivity contribution in [2.45, 2.75) is 13.0 Å². The second-order valence-corrected chi connectivity index (χ2v) is 5.09. The number of nitrogens with zero attached hydrogens (tertiary/aromatic N) is 2. The van der Waals surface area contributed by atoms with Gasteiger partial charge in [-0.25, -0.2) is 4.98 Å². The van der Waals surface area contributed by atoms with Gasteiger partial charge in [-0.2, -0.15) is 0 Å². The minimum Gasteiger partial charge on any atom is -0.496 e. The summed E-state index contributed by atoms with van der Waals surface area (Å²) in [5.74, 6) is 1.04. The molecule has 0 aliphatic carbocycles. The molecule has 0 aliphatic rings. The van der Waals surface area contributed by atoms with Crippen LogP contribution in [0.25, 0.3) is 16.6 Å². The average molecular weight is 295 g/mol. The second kappa shape index (κ2) is 5.61. The lowest BCUT2D eigenvalue weighted by Crippen LogP contribution is -2.27. The maximum Gasteiger partial charge on any atom is 0.269 e. The van der Waals surface area contributed by atoms with E-state index in [1.165, 1.54) is 0 Å². The number of fused-ring (bicyclic) bond motifs is 1. The van der Waals surface area contributed by atoms with Gasteiger partial charge in [0, 0.05) is 0 Å². The highest BCUT2D eigenvalue weighted by Crippen LogP contribution is 2.23. The van der Waals surface area contributed by atoms with E-state index in [0.29, 0.717) is 22.5 Å². The Balaban J connectivity index is 2.46. The number of nitrogens with two attached hydrogens (primary N) is 1. The normalized spacial score (nSPS) is 12.3. The molecule has 1 heterocycles. The Bertz CT molecular complexity index is 870. The summed E-state index contributed by atoms with van der Waals surface area (Å²) >= 11 is 0. The van der Waals surface area contributed by atoms with E-state index in [-0.39, 0.29) is 11.6 Å². The van der Waals surface area contributed by atoms with E-state index in [1.54, 1.807) is 23.8 Å². The molecule has 0 unspecified atom stereocenters. The van der Waals surface area contributed by atoms with Crippen LogP contribution >= 0.6 is 0 Å². The van der Waals surface area contributed by atoms with E-state index in [0.717, 1.165) is 5.69 Å². The predicted molar refractivity (Wildman–Crippen MR) is 86.5 cm³/mol. The Morgan fingerprint density at radius 1 is 1.14 bits per heavy atom. The molecule has 0 amide bonds. The molecule has 0 saturated heterocycles. The van der Waals surface area contributed by atoms with Crippen molar-refractivity contribution in [2.75, 3.05) is 7.11 Å². The van der Waals surface area contributed by atoms with E-state index in [1.807, 2.05) is 43.3 Å². The van der Waals surface area contributed by atoms with Crippen molar-refractivity contribution in [1.82, 2.24) is 9.55 Å². The lowest BCUT2D eigenvalue weighted by Gasteiger charge is -2.16. The molecular weight excluding hydrogens is 278 g/mol. The van der Waals surface area contributed by atoms with E-state index < -0.39 is 0 Å². The number of methoxy groups -OCH3 is 1. The number of hydrogen-bond acceptors (Lipinski definition) is 4. The van der Waals surface area contributed by atoms with E-state index in [4.69, 9.17) is 10.5 Å². The molecule has 5 nitrogen and oxygen atoms in total. The molecule has 112 valence electrons. The van der Waals surface area contributed by atoms with Crippen LogP contribution in [0.3, 0.4) is 0 Å². The molecule has 2 N–H and O–H groups in total. The quantitative estimate of drug-likeness (QED) is 0.805. The Morgan fingerprint density at radius 2 is 1.86 bits per heavy atom. The predicted octanol–water partition coefficient (Wildman–Crippen LogP) is 2.41. The van der Waals surface area contributed by atoms with Crippen LogP contribution in [0.4, 0.5) is 0 Å². The van der Waals surface area contributed by atoms with Gasteiger partial charge in [0.25, 0.3) is 5.56 Å². The minimum absolute atomic E-state index is 0.180. The SMILES string of the molecule is COc1cccc2nc([C@H](C)N)n(-c3ccccc3)c(=O)c12. The first-order chi connectivity index (χ1) is 10.6. The molecule has 0 fully saturated rings. The van der Waals surface area contributed by atoms with Crippen molar-refractivity contribution in [3.05, 3.63) is 64.7 Å². The highest BCUT2D eigenvalue weighted by atomic mass is 16.5. The number of ether oxygens (including phenoxy) is 1. The van der Waals surface area contributed by atoms with Gasteiger partial charge in [-0.1, -0.05) is 24.3 Å². The van der Waals surface area contributed by atoms with Crippen LogP contribution in [0.2, 0.25) is 0 Å². The van der Waals surface area contributed by atoms with Crippen molar-refractivity contribution < 1.29 is 4.74 Å². The summed E-state index contributed by atoms with van der Waals surface area (Å²) in [6.45, 7) is 1.81. The van der Waals surface area contributed by atoms with Gasteiger partial charge in [0.15, 0.2) is 0 Å². The third-order valence-corrected chi connectivity index (χ3v) is 3.53. The number of rotatable bonds is 3. The summed E-state index contributed by atoms with van der Waals surface area (Å²) in [4.78, 5) is 17.6. The number of para-hydroxylation sites is 1. The molecular formula is C17H17N3O2. The fraction of sp³-hybridized carbons (Fsp3) is 0.176. The van der Waals surface area contributed by atoms with Gasteiger partial charge in [0.05, 0.1) is 24.4 Å². The zero-order chi connectivity index (χ0) is 15.7. The number of benzene rings is 2. The van der Waals surface area contributed by atoms with Crippen molar-refractivity contribution >= 4 is 10.9 Å². The third-order valence-electron chi connectivity index (χ3n) is 3.53. The summed E-state index contributed by atoms with van der Waals surface area (Å²) in [5, 5.41) is 0.457. The van der Waals surface area contributed by atoms with Crippen LogP contribution in [0.1, 0.15) is 18.8 Å². The van der Waals surface area contributed by atoms with Crippen molar-refractivity contribution in [1.29, 1.82) is 0 Å². The summed E-state index contributed by atoms with van der Waals surface area (Å²) < 4.78 is 6.87. The van der Waals surface area contributed by atoms with Gasteiger partial charge >= 0.3 is 0 Å².